The molecule has 0 saturated carbocycles. The number of carboxylic acid groups (broad SMARTS) is 1. The SMILES string of the molecule is CCC(NC(=O)N1CCC(CNC(C)=O)CC1)C(=O)O. The van der Waals surface area contributed by atoms with Gasteiger partial charge in [-0.1, -0.05) is 6.92 Å². The third kappa shape index (κ3) is 5.07. The molecule has 0 bridgehead atoms. The molecule has 0 spiro atoms. The number of nitrogens with one attached hydrogen (secondary N) is 2. The van der Waals surface area contributed by atoms with Gasteiger partial charge in [-0.25, -0.2) is 9.59 Å². The highest BCUT2D eigenvalue weighted by molar-refractivity contribution is 5.82. The molecule has 1 fully saturated rings. The molecule has 3 amide bonds. The number of likely N-dealkylation sites (tertiary alicyclic amines) is 1. The molecule has 0 aromatic heterocycles. The average molecular weight is 285 g/mol. The molecule has 3 N–H and O–H groups in total. The summed E-state index contributed by atoms with van der Waals surface area (Å²) in [5.74, 6) is -0.678. The zero-order chi connectivity index (χ0) is 15.1. The number of rotatable bonds is 5. The van der Waals surface area contributed by atoms with Crippen molar-refractivity contribution in [3.05, 3.63) is 0 Å². The van der Waals surface area contributed by atoms with Crippen molar-refractivity contribution in [3.63, 3.8) is 0 Å². The van der Waals surface area contributed by atoms with Gasteiger partial charge in [0.05, 0.1) is 0 Å². The van der Waals surface area contributed by atoms with Gasteiger partial charge in [0.1, 0.15) is 6.04 Å². The van der Waals surface area contributed by atoms with Crippen LogP contribution < -0.4 is 10.6 Å². The smallest absolute Gasteiger partial charge is 0.326 e. The van der Waals surface area contributed by atoms with Gasteiger partial charge in [-0.2, -0.15) is 0 Å². The van der Waals surface area contributed by atoms with E-state index in [0.29, 0.717) is 32.0 Å². The number of piperidine rings is 1. The van der Waals surface area contributed by atoms with Crippen molar-refractivity contribution in [2.24, 2.45) is 5.92 Å². The summed E-state index contributed by atoms with van der Waals surface area (Å²) in [6.45, 7) is 5.02. The van der Waals surface area contributed by atoms with Crippen LogP contribution in [0.1, 0.15) is 33.1 Å². The molecular weight excluding hydrogens is 262 g/mol. The quantitative estimate of drug-likeness (QED) is 0.681. The molecular formula is C13H23N3O4. The maximum absolute atomic E-state index is 11.9. The molecule has 0 aromatic rings. The second kappa shape index (κ2) is 7.72. The van der Waals surface area contributed by atoms with E-state index in [4.69, 9.17) is 5.11 Å². The molecule has 0 aliphatic carbocycles. The van der Waals surface area contributed by atoms with Gasteiger partial charge in [-0.3, -0.25) is 4.79 Å². The summed E-state index contributed by atoms with van der Waals surface area (Å²) in [7, 11) is 0. The summed E-state index contributed by atoms with van der Waals surface area (Å²) in [6, 6.07) is -1.16. The molecule has 1 heterocycles. The van der Waals surface area contributed by atoms with Gasteiger partial charge in [0, 0.05) is 26.6 Å². The second-order valence-electron chi connectivity index (χ2n) is 5.12. The molecule has 1 aliphatic rings. The standard InChI is InChI=1S/C13H23N3O4/c1-3-11(12(18)19)15-13(20)16-6-4-10(5-7-16)8-14-9(2)17/h10-11H,3-8H2,1-2H3,(H,14,17)(H,15,20)(H,18,19). The van der Waals surface area contributed by atoms with E-state index < -0.39 is 12.0 Å². The summed E-state index contributed by atoms with van der Waals surface area (Å²) in [4.78, 5) is 35.3. The predicted octanol–water partition coefficient (Wildman–Crippen LogP) is 0.407. The van der Waals surface area contributed by atoms with Crippen LogP contribution in [0.3, 0.4) is 0 Å². The summed E-state index contributed by atoms with van der Waals surface area (Å²) >= 11 is 0. The fourth-order valence-electron chi connectivity index (χ4n) is 2.21. The molecule has 20 heavy (non-hydrogen) atoms. The zero-order valence-corrected chi connectivity index (χ0v) is 12.0. The van der Waals surface area contributed by atoms with Crippen LogP contribution in [0.5, 0.6) is 0 Å². The van der Waals surface area contributed by atoms with Crippen LogP contribution in [0, 0.1) is 5.92 Å². The number of nitrogens with zero attached hydrogens (tertiary/aromatic N) is 1. The van der Waals surface area contributed by atoms with Crippen molar-refractivity contribution in [2.75, 3.05) is 19.6 Å². The monoisotopic (exact) mass is 285 g/mol. The molecule has 0 radical (unpaired) electrons. The van der Waals surface area contributed by atoms with Crippen LogP contribution in [0.25, 0.3) is 0 Å². The number of urea groups is 1. The van der Waals surface area contributed by atoms with Crippen LogP contribution in [0.15, 0.2) is 0 Å². The first-order chi connectivity index (χ1) is 9.43. The van der Waals surface area contributed by atoms with Crippen molar-refractivity contribution in [1.82, 2.24) is 15.5 Å². The van der Waals surface area contributed by atoms with E-state index >= 15 is 0 Å². The summed E-state index contributed by atoms with van der Waals surface area (Å²) in [5.41, 5.74) is 0. The first-order valence-corrected chi connectivity index (χ1v) is 6.96. The van der Waals surface area contributed by atoms with Crippen LogP contribution in [0.4, 0.5) is 4.79 Å². The van der Waals surface area contributed by atoms with Gasteiger partial charge in [-0.05, 0) is 25.2 Å². The van der Waals surface area contributed by atoms with E-state index in [-0.39, 0.29) is 11.9 Å². The second-order valence-corrected chi connectivity index (χ2v) is 5.12. The Balaban J connectivity index is 2.35. The molecule has 1 saturated heterocycles. The van der Waals surface area contributed by atoms with Crippen LogP contribution >= 0.6 is 0 Å². The predicted molar refractivity (Wildman–Crippen MR) is 73.2 cm³/mol. The largest absolute Gasteiger partial charge is 0.480 e. The number of aliphatic carboxylic acids is 1. The number of carboxylic acids is 1. The summed E-state index contributed by atoms with van der Waals surface area (Å²) in [5, 5.41) is 14.2. The van der Waals surface area contributed by atoms with Gasteiger partial charge < -0.3 is 20.6 Å². The van der Waals surface area contributed by atoms with Gasteiger partial charge in [-0.15, -0.1) is 0 Å². The zero-order valence-electron chi connectivity index (χ0n) is 12.0. The number of carbonyl (C=O) groups excluding carboxylic acids is 2. The lowest BCUT2D eigenvalue weighted by Crippen LogP contribution is -2.50. The fourth-order valence-corrected chi connectivity index (χ4v) is 2.21. The lowest BCUT2D eigenvalue weighted by Gasteiger charge is -2.32. The highest BCUT2D eigenvalue weighted by Gasteiger charge is 2.25. The minimum absolute atomic E-state index is 0.0441. The van der Waals surface area contributed by atoms with Crippen LogP contribution in [0.2, 0.25) is 0 Å². The molecule has 1 rings (SSSR count). The normalized spacial score (nSPS) is 17.4. The number of hydrogen-bond acceptors (Lipinski definition) is 3. The first-order valence-electron chi connectivity index (χ1n) is 6.96. The Kier molecular flexibility index (Phi) is 6.27. The molecule has 1 atom stereocenters. The first kappa shape index (κ1) is 16.3. The van der Waals surface area contributed by atoms with E-state index in [9.17, 15) is 14.4 Å². The Morgan fingerprint density at radius 3 is 2.35 bits per heavy atom. The topological polar surface area (TPSA) is 98.7 Å². The molecule has 1 unspecified atom stereocenters. The summed E-state index contributed by atoms with van der Waals surface area (Å²) < 4.78 is 0. The van der Waals surface area contributed by atoms with Crippen molar-refractivity contribution in [3.8, 4) is 0 Å². The summed E-state index contributed by atoms with van der Waals surface area (Å²) in [6.07, 6.45) is 2.00. The molecule has 1 aliphatic heterocycles. The molecule has 7 heteroatoms. The van der Waals surface area contributed by atoms with Crippen molar-refractivity contribution in [2.45, 2.75) is 39.2 Å². The number of carbonyl (C=O) groups is 3. The van der Waals surface area contributed by atoms with Crippen molar-refractivity contribution < 1.29 is 19.5 Å². The van der Waals surface area contributed by atoms with Crippen LogP contribution in [-0.2, 0) is 9.59 Å². The Hall–Kier alpha value is -1.79. The van der Waals surface area contributed by atoms with E-state index in [1.165, 1.54) is 6.92 Å². The van der Waals surface area contributed by atoms with E-state index in [2.05, 4.69) is 10.6 Å². The number of hydrogen-bond donors (Lipinski definition) is 3. The maximum atomic E-state index is 11.9. The van der Waals surface area contributed by atoms with Gasteiger partial charge >= 0.3 is 12.0 Å². The third-order valence-electron chi connectivity index (χ3n) is 3.55. The van der Waals surface area contributed by atoms with Gasteiger partial charge in [0.2, 0.25) is 5.91 Å². The van der Waals surface area contributed by atoms with E-state index in [1.54, 1.807) is 11.8 Å². The number of amides is 3. The molecule has 114 valence electrons. The fraction of sp³-hybridized carbons (Fsp3) is 0.769. The minimum atomic E-state index is -1.01. The lowest BCUT2D eigenvalue weighted by atomic mass is 9.97. The molecule has 7 nitrogen and oxygen atoms in total. The highest BCUT2D eigenvalue weighted by atomic mass is 16.4. The highest BCUT2D eigenvalue weighted by Crippen LogP contribution is 2.16. The van der Waals surface area contributed by atoms with Crippen LogP contribution in [-0.4, -0.2) is 53.6 Å². The van der Waals surface area contributed by atoms with Crippen molar-refractivity contribution in [1.29, 1.82) is 0 Å². The Labute approximate surface area is 118 Å². The average Bonchev–Trinajstić information content (AvgIpc) is 2.42. The molecule has 0 aromatic carbocycles. The van der Waals surface area contributed by atoms with Crippen molar-refractivity contribution >= 4 is 17.9 Å². The Morgan fingerprint density at radius 2 is 1.90 bits per heavy atom. The van der Waals surface area contributed by atoms with Gasteiger partial charge in [0.15, 0.2) is 0 Å². The third-order valence-corrected chi connectivity index (χ3v) is 3.55. The maximum Gasteiger partial charge on any atom is 0.326 e. The minimum Gasteiger partial charge on any atom is -0.480 e. The Morgan fingerprint density at radius 1 is 1.30 bits per heavy atom. The lowest BCUT2D eigenvalue weighted by molar-refractivity contribution is -0.139. The Bertz CT molecular complexity index is 365. The van der Waals surface area contributed by atoms with Gasteiger partial charge in [0.25, 0.3) is 0 Å². The van der Waals surface area contributed by atoms with E-state index in [0.717, 1.165) is 12.8 Å². The van der Waals surface area contributed by atoms with E-state index in [1.807, 2.05) is 0 Å².